The Bertz CT molecular complexity index is 293. The maximum absolute atomic E-state index is 8.99. The summed E-state index contributed by atoms with van der Waals surface area (Å²) in [6.45, 7) is 8.90. The molecule has 1 saturated carbocycles. The van der Waals surface area contributed by atoms with Crippen LogP contribution in [0.25, 0.3) is 0 Å². The van der Waals surface area contributed by atoms with Crippen molar-refractivity contribution in [1.29, 1.82) is 0 Å². The second kappa shape index (κ2) is 9.86. The van der Waals surface area contributed by atoms with Crippen LogP contribution in [0.4, 0.5) is 0 Å². The fraction of sp³-hybridized carbons (Fsp3) is 1.00. The molecule has 2 atom stereocenters. The minimum atomic E-state index is 0.293. The topological polar surface area (TPSA) is 35.9 Å². The Labute approximate surface area is 136 Å². The molecule has 0 aromatic heterocycles. The number of likely N-dealkylation sites (tertiary alicyclic amines) is 1. The Kier molecular flexibility index (Phi) is 8.15. The van der Waals surface area contributed by atoms with E-state index < -0.39 is 0 Å². The third-order valence-corrected chi connectivity index (χ3v) is 5.53. The van der Waals surface area contributed by atoms with Gasteiger partial charge in [-0.3, -0.25) is 0 Å². The van der Waals surface area contributed by atoms with E-state index in [1.165, 1.54) is 45.1 Å². The molecule has 0 bridgehead atoms. The molecule has 0 aromatic rings. The number of piperidine rings is 1. The van der Waals surface area contributed by atoms with E-state index in [0.29, 0.717) is 12.7 Å². The van der Waals surface area contributed by atoms with Gasteiger partial charge < -0.3 is 19.6 Å². The summed E-state index contributed by atoms with van der Waals surface area (Å²) in [5.41, 5.74) is 0. The summed E-state index contributed by atoms with van der Waals surface area (Å²) in [4.78, 5) is 4.82. The average Bonchev–Trinajstić information content (AvgIpc) is 2.51. The molecular formula is C18H36N2O2. The Morgan fingerprint density at radius 3 is 2.55 bits per heavy atom. The highest BCUT2D eigenvalue weighted by Crippen LogP contribution is 2.26. The highest BCUT2D eigenvalue weighted by atomic mass is 16.5. The molecule has 22 heavy (non-hydrogen) atoms. The molecule has 0 spiro atoms. The molecule has 2 fully saturated rings. The molecule has 1 aliphatic carbocycles. The molecule has 1 saturated heterocycles. The molecule has 4 nitrogen and oxygen atoms in total. The normalized spacial score (nSPS) is 28.4. The Morgan fingerprint density at radius 2 is 1.86 bits per heavy atom. The first-order valence-corrected chi connectivity index (χ1v) is 9.32. The summed E-state index contributed by atoms with van der Waals surface area (Å²) in [5, 5.41) is 8.99. The SMILES string of the molecule is CC1CCCCC1OCCN(C)CC1CCN(CCO)CC1. The van der Waals surface area contributed by atoms with Gasteiger partial charge in [-0.2, -0.15) is 0 Å². The number of rotatable bonds is 8. The summed E-state index contributed by atoms with van der Waals surface area (Å²) in [5.74, 6) is 1.56. The molecule has 1 heterocycles. The molecule has 1 aliphatic heterocycles. The molecule has 0 amide bonds. The van der Waals surface area contributed by atoms with Crippen LogP contribution in [0, 0.1) is 11.8 Å². The number of nitrogens with zero attached hydrogens (tertiary/aromatic N) is 2. The van der Waals surface area contributed by atoms with Crippen LogP contribution in [0.15, 0.2) is 0 Å². The van der Waals surface area contributed by atoms with Crippen LogP contribution in [0.5, 0.6) is 0 Å². The summed E-state index contributed by atoms with van der Waals surface area (Å²) < 4.78 is 6.13. The van der Waals surface area contributed by atoms with Crippen molar-refractivity contribution in [3.8, 4) is 0 Å². The molecule has 1 N–H and O–H groups in total. The second-order valence-electron chi connectivity index (χ2n) is 7.44. The van der Waals surface area contributed by atoms with Gasteiger partial charge in [-0.15, -0.1) is 0 Å². The molecule has 130 valence electrons. The van der Waals surface area contributed by atoms with E-state index in [1.807, 2.05) is 0 Å². The predicted octanol–water partition coefficient (Wildman–Crippen LogP) is 2.22. The van der Waals surface area contributed by atoms with E-state index >= 15 is 0 Å². The van der Waals surface area contributed by atoms with Gasteiger partial charge in [0.2, 0.25) is 0 Å². The van der Waals surface area contributed by atoms with Gasteiger partial charge >= 0.3 is 0 Å². The van der Waals surface area contributed by atoms with Crippen LogP contribution in [0.1, 0.15) is 45.4 Å². The van der Waals surface area contributed by atoms with Gasteiger partial charge in [-0.25, -0.2) is 0 Å². The maximum atomic E-state index is 8.99. The smallest absolute Gasteiger partial charge is 0.0601 e. The number of aliphatic hydroxyl groups is 1. The third kappa shape index (κ3) is 6.15. The van der Waals surface area contributed by atoms with Crippen molar-refractivity contribution in [2.45, 2.75) is 51.6 Å². The Morgan fingerprint density at radius 1 is 1.14 bits per heavy atom. The van der Waals surface area contributed by atoms with Crippen molar-refractivity contribution in [1.82, 2.24) is 9.80 Å². The summed E-state index contributed by atoms with van der Waals surface area (Å²) in [6.07, 6.45) is 8.37. The number of likely N-dealkylation sites (N-methyl/N-ethyl adjacent to an activating group) is 1. The monoisotopic (exact) mass is 312 g/mol. The Balaban J connectivity index is 1.55. The van der Waals surface area contributed by atoms with E-state index in [4.69, 9.17) is 9.84 Å². The third-order valence-electron chi connectivity index (χ3n) is 5.53. The van der Waals surface area contributed by atoms with Crippen molar-refractivity contribution in [3.63, 3.8) is 0 Å². The first kappa shape index (κ1) is 18.2. The lowest BCUT2D eigenvalue weighted by Crippen LogP contribution is -2.39. The van der Waals surface area contributed by atoms with E-state index in [1.54, 1.807) is 0 Å². The fourth-order valence-electron chi connectivity index (χ4n) is 3.96. The minimum absolute atomic E-state index is 0.293. The average molecular weight is 312 g/mol. The number of aliphatic hydroxyl groups excluding tert-OH is 1. The molecule has 2 unspecified atom stereocenters. The van der Waals surface area contributed by atoms with Crippen LogP contribution in [-0.4, -0.2) is 74.0 Å². The second-order valence-corrected chi connectivity index (χ2v) is 7.44. The summed E-state index contributed by atoms with van der Waals surface area (Å²) in [6, 6.07) is 0. The van der Waals surface area contributed by atoms with Crippen molar-refractivity contribution in [3.05, 3.63) is 0 Å². The largest absolute Gasteiger partial charge is 0.395 e. The van der Waals surface area contributed by atoms with Gasteiger partial charge in [0.15, 0.2) is 0 Å². The van der Waals surface area contributed by atoms with E-state index in [9.17, 15) is 0 Å². The molecular weight excluding hydrogens is 276 g/mol. The van der Waals surface area contributed by atoms with Gasteiger partial charge in [-0.1, -0.05) is 19.8 Å². The van der Waals surface area contributed by atoms with Crippen molar-refractivity contribution in [2.75, 3.05) is 53.0 Å². The first-order valence-electron chi connectivity index (χ1n) is 9.32. The van der Waals surface area contributed by atoms with Gasteiger partial charge in [0.05, 0.1) is 19.3 Å². The number of hydrogen-bond acceptors (Lipinski definition) is 4. The van der Waals surface area contributed by atoms with Gasteiger partial charge in [0.25, 0.3) is 0 Å². The van der Waals surface area contributed by atoms with Crippen molar-refractivity contribution < 1.29 is 9.84 Å². The van der Waals surface area contributed by atoms with E-state index in [0.717, 1.165) is 44.6 Å². The van der Waals surface area contributed by atoms with Crippen molar-refractivity contribution >= 4 is 0 Å². The number of ether oxygens (including phenoxy) is 1. The summed E-state index contributed by atoms with van der Waals surface area (Å²) >= 11 is 0. The zero-order chi connectivity index (χ0) is 15.8. The zero-order valence-electron chi connectivity index (χ0n) is 14.7. The molecule has 2 rings (SSSR count). The highest BCUT2D eigenvalue weighted by Gasteiger charge is 2.22. The highest BCUT2D eigenvalue weighted by molar-refractivity contribution is 4.75. The van der Waals surface area contributed by atoms with Crippen LogP contribution in [-0.2, 0) is 4.74 Å². The first-order chi connectivity index (χ1) is 10.7. The standard InChI is InChI=1S/C18H36N2O2/c1-16-5-3-4-6-18(16)22-14-12-19(2)15-17-7-9-20(10-8-17)11-13-21/h16-18,21H,3-15H2,1-2H3. The van der Waals surface area contributed by atoms with E-state index in [-0.39, 0.29) is 0 Å². The lowest BCUT2D eigenvalue weighted by molar-refractivity contribution is -0.0134. The van der Waals surface area contributed by atoms with Crippen molar-refractivity contribution in [2.24, 2.45) is 11.8 Å². The quantitative estimate of drug-likeness (QED) is 0.745. The van der Waals surface area contributed by atoms with Crippen LogP contribution in [0.3, 0.4) is 0 Å². The lowest BCUT2D eigenvalue weighted by atomic mass is 9.88. The van der Waals surface area contributed by atoms with Gasteiger partial charge in [0.1, 0.15) is 0 Å². The Hall–Kier alpha value is -0.160. The maximum Gasteiger partial charge on any atom is 0.0601 e. The number of hydrogen-bond donors (Lipinski definition) is 1. The van der Waals surface area contributed by atoms with E-state index in [2.05, 4.69) is 23.8 Å². The molecule has 0 aromatic carbocycles. The fourth-order valence-corrected chi connectivity index (χ4v) is 3.96. The van der Waals surface area contributed by atoms with Crippen LogP contribution < -0.4 is 0 Å². The van der Waals surface area contributed by atoms with Crippen LogP contribution >= 0.6 is 0 Å². The summed E-state index contributed by atoms with van der Waals surface area (Å²) in [7, 11) is 2.23. The molecule has 4 heteroatoms. The molecule has 2 aliphatic rings. The van der Waals surface area contributed by atoms with Gasteiger partial charge in [-0.05, 0) is 57.7 Å². The zero-order valence-corrected chi connectivity index (χ0v) is 14.7. The predicted molar refractivity (Wildman–Crippen MR) is 91.1 cm³/mol. The number of β-amino-alcohol motifs (C(OH)–C–C–N with tert-alkyl or cyclic N) is 1. The van der Waals surface area contributed by atoms with Gasteiger partial charge in [0, 0.05) is 19.6 Å². The lowest BCUT2D eigenvalue weighted by Gasteiger charge is -2.34. The molecule has 0 radical (unpaired) electrons. The minimum Gasteiger partial charge on any atom is -0.395 e. The van der Waals surface area contributed by atoms with Crippen LogP contribution in [0.2, 0.25) is 0 Å².